The zero-order valence-corrected chi connectivity index (χ0v) is 20.4. The van der Waals surface area contributed by atoms with Crippen molar-refractivity contribution >= 4 is 34.8 Å². The van der Waals surface area contributed by atoms with Crippen LogP contribution in [0.3, 0.4) is 0 Å². The summed E-state index contributed by atoms with van der Waals surface area (Å²) in [5.41, 5.74) is -4.11. The minimum atomic E-state index is -2.22. The monoisotopic (exact) mass is 488 g/mol. The van der Waals surface area contributed by atoms with E-state index in [-0.39, 0.29) is 35.3 Å². The SMILES string of the molecule is CC1(C)O[C@@H]2C[C@H]3[C@@H]4C[C@H](Cl)C5=CC(=O)CC[C@]5(C)[C@H]4[C@@H](O)C[C@]3(C)[C@]2(C(=O)C(F)Cl)O1. The summed E-state index contributed by atoms with van der Waals surface area (Å²) in [7, 11) is 0. The molecule has 32 heavy (non-hydrogen) atoms. The first-order valence-corrected chi connectivity index (χ1v) is 12.4. The van der Waals surface area contributed by atoms with Crippen molar-refractivity contribution in [1.29, 1.82) is 0 Å². The molecule has 0 amide bonds. The highest BCUT2D eigenvalue weighted by atomic mass is 35.5. The summed E-state index contributed by atoms with van der Waals surface area (Å²) in [4.78, 5) is 25.4. The van der Waals surface area contributed by atoms with Crippen LogP contribution in [0.25, 0.3) is 0 Å². The lowest BCUT2D eigenvalue weighted by Crippen LogP contribution is -2.65. The third-order valence-corrected chi connectivity index (χ3v) is 10.0. The van der Waals surface area contributed by atoms with Crippen LogP contribution in [-0.2, 0) is 19.1 Å². The molecule has 8 heteroatoms. The van der Waals surface area contributed by atoms with Gasteiger partial charge >= 0.3 is 0 Å². The van der Waals surface area contributed by atoms with Crippen LogP contribution in [0.2, 0.25) is 0 Å². The number of aliphatic hydroxyl groups excluding tert-OH is 1. The van der Waals surface area contributed by atoms with Crippen LogP contribution in [0.4, 0.5) is 4.39 Å². The van der Waals surface area contributed by atoms with Crippen molar-refractivity contribution in [2.24, 2.45) is 28.6 Å². The quantitative estimate of drug-likeness (QED) is 0.586. The smallest absolute Gasteiger partial charge is 0.234 e. The van der Waals surface area contributed by atoms with E-state index in [0.717, 1.165) is 5.57 Å². The average molecular weight is 489 g/mol. The highest BCUT2D eigenvalue weighted by Gasteiger charge is 2.77. The highest BCUT2D eigenvalue weighted by molar-refractivity contribution is 6.31. The summed E-state index contributed by atoms with van der Waals surface area (Å²) in [5, 5.41) is 11.2. The second-order valence-corrected chi connectivity index (χ2v) is 12.3. The number of ketones is 2. The number of aliphatic hydroxyl groups is 1. The molecule has 1 N–H and O–H groups in total. The number of rotatable bonds is 2. The summed E-state index contributed by atoms with van der Waals surface area (Å²) in [6.07, 6.45) is 2.73. The van der Waals surface area contributed by atoms with Crippen LogP contribution in [0.1, 0.15) is 59.8 Å². The average Bonchev–Trinajstić information content (AvgIpc) is 3.08. The molecule has 4 fully saturated rings. The number of carbonyl (C=O) groups is 2. The Bertz CT molecular complexity index is 905. The fourth-order valence-corrected chi connectivity index (χ4v) is 9.07. The number of carbonyl (C=O) groups excluding carboxylic acids is 2. The normalized spacial score (nSPS) is 52.4. The standard InChI is InChI=1S/C24H31Cl2FO5/c1-21(2)31-17-9-13-12-8-15(25)14-7-11(28)5-6-22(14,3)18(12)16(29)10-23(13,4)24(17,32-21)19(30)20(26)27/h7,12-13,15-18,20,29H,5-6,8-10H2,1-4H3/t12-,13-,15-,16-,17+,18+,20?,22-,23-,24-/m0/s1. The van der Waals surface area contributed by atoms with Crippen LogP contribution in [0, 0.1) is 28.6 Å². The van der Waals surface area contributed by atoms with Gasteiger partial charge in [-0.2, -0.15) is 0 Å². The van der Waals surface area contributed by atoms with Crippen LogP contribution < -0.4 is 0 Å². The minimum absolute atomic E-state index is 0.0134. The third-order valence-electron chi connectivity index (χ3n) is 9.43. The van der Waals surface area contributed by atoms with Crippen molar-refractivity contribution < 1.29 is 28.6 Å². The van der Waals surface area contributed by atoms with E-state index in [0.29, 0.717) is 25.7 Å². The van der Waals surface area contributed by atoms with Crippen molar-refractivity contribution in [3.8, 4) is 0 Å². The van der Waals surface area contributed by atoms with E-state index >= 15 is 0 Å². The number of hydrogen-bond acceptors (Lipinski definition) is 5. The maximum atomic E-state index is 14.3. The molecule has 3 saturated carbocycles. The summed E-state index contributed by atoms with van der Waals surface area (Å²) in [5.74, 6) is -1.98. The van der Waals surface area contributed by atoms with Gasteiger partial charge in [-0.05, 0) is 74.3 Å². The Morgan fingerprint density at radius 3 is 2.62 bits per heavy atom. The van der Waals surface area contributed by atoms with Crippen LogP contribution >= 0.6 is 23.2 Å². The van der Waals surface area contributed by atoms with Gasteiger partial charge in [-0.25, -0.2) is 4.39 Å². The predicted octanol–water partition coefficient (Wildman–Crippen LogP) is 4.31. The molecule has 5 rings (SSSR count). The van der Waals surface area contributed by atoms with Crippen molar-refractivity contribution in [1.82, 2.24) is 0 Å². The van der Waals surface area contributed by atoms with Gasteiger partial charge in [0.1, 0.15) is 0 Å². The van der Waals surface area contributed by atoms with Crippen molar-refractivity contribution in [2.45, 2.75) is 94.4 Å². The second-order valence-electron chi connectivity index (χ2n) is 11.4. The maximum absolute atomic E-state index is 14.3. The first-order valence-electron chi connectivity index (χ1n) is 11.5. The van der Waals surface area contributed by atoms with Crippen LogP contribution in [0.5, 0.6) is 0 Å². The number of alkyl halides is 3. The second kappa shape index (κ2) is 7.00. The molecule has 5 nitrogen and oxygen atoms in total. The molecule has 178 valence electrons. The molecule has 1 unspecified atom stereocenters. The summed E-state index contributed by atoms with van der Waals surface area (Å²) in [6.45, 7) is 7.45. The van der Waals surface area contributed by atoms with E-state index in [9.17, 15) is 19.1 Å². The molecular weight excluding hydrogens is 458 g/mol. The van der Waals surface area contributed by atoms with Gasteiger partial charge in [-0.1, -0.05) is 25.4 Å². The molecule has 1 saturated heterocycles. The predicted molar refractivity (Wildman–Crippen MR) is 117 cm³/mol. The van der Waals surface area contributed by atoms with E-state index in [1.807, 2.05) is 6.92 Å². The van der Waals surface area contributed by atoms with Gasteiger partial charge in [0.05, 0.1) is 17.6 Å². The van der Waals surface area contributed by atoms with Crippen molar-refractivity contribution in [2.75, 3.05) is 0 Å². The largest absolute Gasteiger partial charge is 0.393 e. The van der Waals surface area contributed by atoms with Gasteiger partial charge < -0.3 is 14.6 Å². The fraction of sp³-hybridized carbons (Fsp3) is 0.833. The Hall–Kier alpha value is -0.530. The molecule has 10 atom stereocenters. The lowest BCUT2D eigenvalue weighted by atomic mass is 9.45. The number of hydrogen-bond donors (Lipinski definition) is 1. The topological polar surface area (TPSA) is 72.8 Å². The molecule has 0 spiro atoms. The summed E-state index contributed by atoms with van der Waals surface area (Å²) >= 11 is 12.6. The lowest BCUT2D eigenvalue weighted by Gasteiger charge is -2.61. The van der Waals surface area contributed by atoms with Gasteiger partial charge in [0, 0.05) is 11.8 Å². The van der Waals surface area contributed by atoms with Gasteiger partial charge in [0.2, 0.25) is 11.4 Å². The first-order chi connectivity index (χ1) is 14.8. The summed E-state index contributed by atoms with van der Waals surface area (Å²) in [6, 6.07) is 0. The molecule has 0 aromatic carbocycles. The Kier molecular flexibility index (Phi) is 5.08. The minimum Gasteiger partial charge on any atom is -0.393 e. The fourth-order valence-electron chi connectivity index (χ4n) is 8.39. The van der Waals surface area contributed by atoms with E-state index < -0.39 is 45.8 Å². The molecule has 1 heterocycles. The van der Waals surface area contributed by atoms with Gasteiger partial charge in [-0.15, -0.1) is 11.6 Å². The zero-order chi connectivity index (χ0) is 23.4. The van der Waals surface area contributed by atoms with Gasteiger partial charge in [-0.3, -0.25) is 9.59 Å². The molecule has 4 aliphatic carbocycles. The van der Waals surface area contributed by atoms with Gasteiger partial charge in [0.15, 0.2) is 17.2 Å². The Labute approximate surface area is 198 Å². The lowest BCUT2D eigenvalue weighted by molar-refractivity contribution is -0.227. The first kappa shape index (κ1) is 23.2. The molecule has 0 bridgehead atoms. The van der Waals surface area contributed by atoms with Crippen molar-refractivity contribution in [3.63, 3.8) is 0 Å². The van der Waals surface area contributed by atoms with E-state index in [4.69, 9.17) is 32.7 Å². The van der Waals surface area contributed by atoms with Gasteiger partial charge in [0.25, 0.3) is 0 Å². The van der Waals surface area contributed by atoms with Crippen molar-refractivity contribution in [3.05, 3.63) is 11.6 Å². The third kappa shape index (κ3) is 2.79. The molecule has 0 aromatic heterocycles. The highest BCUT2D eigenvalue weighted by Crippen LogP contribution is 2.71. The number of allylic oxidation sites excluding steroid dienone is 1. The number of fused-ring (bicyclic) bond motifs is 7. The number of Topliss-reactive ketones (excluding diaryl/α,β-unsaturated/α-hetero) is 1. The summed E-state index contributed by atoms with van der Waals surface area (Å²) < 4.78 is 26.7. The molecule has 1 aliphatic heterocycles. The van der Waals surface area contributed by atoms with E-state index in [1.54, 1.807) is 19.9 Å². The molecule has 5 aliphatic rings. The zero-order valence-electron chi connectivity index (χ0n) is 18.9. The molecule has 0 aromatic rings. The van der Waals surface area contributed by atoms with Crippen LogP contribution in [-0.4, -0.2) is 51.3 Å². The van der Waals surface area contributed by atoms with Crippen LogP contribution in [0.15, 0.2) is 11.6 Å². The maximum Gasteiger partial charge on any atom is 0.234 e. The Balaban J connectivity index is 1.61. The number of ether oxygens (including phenoxy) is 2. The number of halogens is 3. The Morgan fingerprint density at radius 1 is 1.28 bits per heavy atom. The van der Waals surface area contributed by atoms with E-state index in [1.165, 1.54) is 0 Å². The molecular formula is C24H31Cl2FO5. The van der Waals surface area contributed by atoms with E-state index in [2.05, 4.69) is 6.92 Å². The Morgan fingerprint density at radius 2 is 1.97 bits per heavy atom. The molecule has 0 radical (unpaired) electrons.